The van der Waals surface area contributed by atoms with Gasteiger partial charge in [0, 0.05) is 44.8 Å². The molecule has 3 unspecified atom stereocenters. The van der Waals surface area contributed by atoms with Crippen molar-refractivity contribution in [3.05, 3.63) is 129 Å². The average molecular weight is 589 g/mol. The summed E-state index contributed by atoms with van der Waals surface area (Å²) in [6, 6.07) is 9.96. The van der Waals surface area contributed by atoms with Gasteiger partial charge in [0.1, 0.15) is 0 Å². The van der Waals surface area contributed by atoms with Crippen LogP contribution in [-0.4, -0.2) is 10.6 Å². The second kappa shape index (κ2) is 11.1. The summed E-state index contributed by atoms with van der Waals surface area (Å²) in [5, 5.41) is 3.02. The average Bonchev–Trinajstić information content (AvgIpc) is 3.63. The highest BCUT2D eigenvalue weighted by Crippen LogP contribution is 2.49. The Morgan fingerprint density at radius 1 is 0.778 bits per heavy atom. The number of rotatable bonds is 4. The Kier molecular flexibility index (Phi) is 6.72. The monoisotopic (exact) mass is 588 g/mol. The molecular formula is C43H44N2. The first kappa shape index (κ1) is 27.3. The van der Waals surface area contributed by atoms with E-state index in [9.17, 15) is 0 Å². The molecule has 0 saturated heterocycles. The van der Waals surface area contributed by atoms with Gasteiger partial charge in [-0.3, -0.25) is 0 Å². The lowest BCUT2D eigenvalue weighted by Crippen LogP contribution is -2.41. The minimum atomic E-state index is 0.388. The highest BCUT2D eigenvalue weighted by Gasteiger charge is 2.42. The Labute approximate surface area is 268 Å². The van der Waals surface area contributed by atoms with Crippen LogP contribution in [0.1, 0.15) is 88.0 Å². The van der Waals surface area contributed by atoms with Crippen LogP contribution in [0.2, 0.25) is 0 Å². The lowest BCUT2D eigenvalue weighted by atomic mass is 9.81. The van der Waals surface area contributed by atoms with E-state index in [2.05, 4.69) is 114 Å². The minimum Gasteiger partial charge on any atom is -0.337 e. The third-order valence-electron chi connectivity index (χ3n) is 11.5. The number of benzene rings is 1. The molecule has 0 N–H and O–H groups in total. The third-order valence-corrected chi connectivity index (χ3v) is 11.5. The van der Waals surface area contributed by atoms with Crippen LogP contribution in [0.3, 0.4) is 0 Å². The summed E-state index contributed by atoms with van der Waals surface area (Å²) in [4.78, 5) is 2.76. The fourth-order valence-electron chi connectivity index (χ4n) is 9.37. The first-order valence-corrected chi connectivity index (χ1v) is 17.6. The number of hydrogen-bond donors (Lipinski definition) is 0. The van der Waals surface area contributed by atoms with Crippen molar-refractivity contribution < 1.29 is 0 Å². The van der Waals surface area contributed by atoms with Crippen LogP contribution in [0.15, 0.2) is 102 Å². The van der Waals surface area contributed by atoms with Crippen molar-refractivity contribution in [2.45, 2.75) is 83.6 Å². The number of allylic oxidation sites excluding steroid dienone is 14. The van der Waals surface area contributed by atoms with Gasteiger partial charge in [0.05, 0.1) is 6.04 Å². The smallest absolute Gasteiger partial charge is 0.0634 e. The third kappa shape index (κ3) is 4.43. The fourth-order valence-corrected chi connectivity index (χ4v) is 9.37. The Hall–Kier alpha value is -4.04. The van der Waals surface area contributed by atoms with Crippen molar-refractivity contribution in [2.24, 2.45) is 11.8 Å². The molecule has 1 aromatic carbocycles. The van der Waals surface area contributed by atoms with Crippen LogP contribution in [0.25, 0.3) is 29.0 Å². The normalized spacial score (nSPS) is 26.5. The van der Waals surface area contributed by atoms with Gasteiger partial charge < -0.3 is 9.47 Å². The second-order valence-corrected chi connectivity index (χ2v) is 14.1. The molecule has 0 bridgehead atoms. The lowest BCUT2D eigenvalue weighted by molar-refractivity contribution is 0.550. The summed E-state index contributed by atoms with van der Waals surface area (Å²) in [7, 11) is 0. The standard InChI is InChI=1S/C43H44N2/c1-29-11-10-18-38-41(29)43-40(45(38)35-25-21-33(22-26-35)31-14-6-3-7-15-31)28-27-39-42(43)36-16-8-9-17-37(36)44(39)34-23-19-32(20-24-34)30-12-4-2-5-13-30/h2-6,8,12,14,16,19,21-23,25-27,29-30,40H,7,9-11,13,15,17-18,20,24,28H2,1H3. The maximum Gasteiger partial charge on any atom is 0.0634 e. The topological polar surface area (TPSA) is 8.17 Å². The summed E-state index contributed by atoms with van der Waals surface area (Å²) in [5.74, 6) is 1.17. The van der Waals surface area contributed by atoms with Crippen LogP contribution in [0, 0.1) is 11.8 Å². The molecule has 2 heterocycles. The van der Waals surface area contributed by atoms with Crippen LogP contribution in [0.4, 0.5) is 5.69 Å². The summed E-state index contributed by atoms with van der Waals surface area (Å²) < 4.78 is 2.71. The van der Waals surface area contributed by atoms with Crippen molar-refractivity contribution in [1.82, 2.24) is 4.57 Å². The Bertz CT molecular complexity index is 1940. The van der Waals surface area contributed by atoms with Crippen molar-refractivity contribution in [3.8, 4) is 0 Å². The minimum absolute atomic E-state index is 0.388. The van der Waals surface area contributed by atoms with E-state index >= 15 is 0 Å². The van der Waals surface area contributed by atoms with E-state index in [1.165, 1.54) is 52.7 Å². The molecule has 0 spiro atoms. The Balaban J connectivity index is 1.18. The van der Waals surface area contributed by atoms with E-state index in [0.29, 0.717) is 17.9 Å². The number of hydrogen-bond acceptors (Lipinski definition) is 1. The van der Waals surface area contributed by atoms with Gasteiger partial charge in [-0.05, 0) is 117 Å². The highest BCUT2D eigenvalue weighted by molar-refractivity contribution is 5.87. The summed E-state index contributed by atoms with van der Waals surface area (Å²) >= 11 is 0. The molecule has 3 atom stereocenters. The zero-order valence-electron chi connectivity index (χ0n) is 26.6. The number of anilines is 1. The molecule has 0 radical (unpaired) electrons. The van der Waals surface area contributed by atoms with E-state index in [0.717, 1.165) is 51.4 Å². The molecule has 2 nitrogen and oxygen atoms in total. The molecule has 1 aliphatic heterocycles. The van der Waals surface area contributed by atoms with Crippen LogP contribution < -0.4 is 15.5 Å². The quantitative estimate of drug-likeness (QED) is 0.346. The zero-order chi connectivity index (χ0) is 29.9. The van der Waals surface area contributed by atoms with E-state index in [-0.39, 0.29) is 0 Å². The largest absolute Gasteiger partial charge is 0.337 e. The van der Waals surface area contributed by atoms with Gasteiger partial charge in [-0.15, -0.1) is 0 Å². The predicted molar refractivity (Wildman–Crippen MR) is 191 cm³/mol. The van der Waals surface area contributed by atoms with Gasteiger partial charge >= 0.3 is 0 Å². The lowest BCUT2D eigenvalue weighted by Gasteiger charge is -2.31. The fraction of sp³-hybridized carbons (Fsp3) is 0.349. The van der Waals surface area contributed by atoms with Crippen molar-refractivity contribution in [2.75, 3.05) is 4.90 Å². The van der Waals surface area contributed by atoms with Crippen LogP contribution in [0.5, 0.6) is 0 Å². The second-order valence-electron chi connectivity index (χ2n) is 14.1. The first-order valence-electron chi connectivity index (χ1n) is 17.6. The maximum absolute atomic E-state index is 2.76. The molecule has 0 saturated carbocycles. The summed E-state index contributed by atoms with van der Waals surface area (Å²) in [6.45, 7) is 2.50. The van der Waals surface area contributed by atoms with E-state index in [4.69, 9.17) is 0 Å². The van der Waals surface area contributed by atoms with Gasteiger partial charge in [0.15, 0.2) is 0 Å². The summed E-state index contributed by atoms with van der Waals surface area (Å²) in [5.41, 5.74) is 15.2. The van der Waals surface area contributed by atoms with E-state index in [1.54, 1.807) is 33.3 Å². The van der Waals surface area contributed by atoms with E-state index in [1.807, 2.05) is 0 Å². The Morgan fingerprint density at radius 3 is 2.49 bits per heavy atom. The van der Waals surface area contributed by atoms with Crippen LogP contribution in [-0.2, 0) is 6.42 Å². The van der Waals surface area contributed by atoms with Crippen LogP contribution >= 0.6 is 0 Å². The van der Waals surface area contributed by atoms with Gasteiger partial charge in [0.2, 0.25) is 0 Å². The number of nitrogens with zero attached hydrogens (tertiary/aromatic N) is 2. The van der Waals surface area contributed by atoms with Crippen molar-refractivity contribution >= 4 is 34.7 Å². The van der Waals surface area contributed by atoms with Crippen molar-refractivity contribution in [1.29, 1.82) is 0 Å². The zero-order valence-corrected chi connectivity index (χ0v) is 26.6. The van der Waals surface area contributed by atoms with Gasteiger partial charge in [-0.1, -0.05) is 91.5 Å². The number of aromatic nitrogens is 1. The molecule has 7 aliphatic rings. The maximum atomic E-state index is 2.76. The van der Waals surface area contributed by atoms with Crippen molar-refractivity contribution in [3.63, 3.8) is 0 Å². The highest BCUT2D eigenvalue weighted by atomic mass is 15.2. The van der Waals surface area contributed by atoms with Gasteiger partial charge in [-0.25, -0.2) is 0 Å². The van der Waals surface area contributed by atoms with Gasteiger partial charge in [-0.2, -0.15) is 0 Å². The van der Waals surface area contributed by atoms with Gasteiger partial charge in [0.25, 0.3) is 0 Å². The molecule has 1 aromatic heterocycles. The molecule has 45 heavy (non-hydrogen) atoms. The Morgan fingerprint density at radius 2 is 1.69 bits per heavy atom. The molecule has 0 amide bonds. The van der Waals surface area contributed by atoms with E-state index < -0.39 is 0 Å². The number of fused-ring (bicyclic) bond motifs is 5. The predicted octanol–water partition coefficient (Wildman–Crippen LogP) is 9.17. The first-order chi connectivity index (χ1) is 22.3. The molecule has 6 aliphatic carbocycles. The molecule has 0 fully saturated rings. The molecule has 2 heteroatoms. The molecule has 9 rings (SSSR count). The molecular weight excluding hydrogens is 544 g/mol. The molecule has 226 valence electrons. The molecule has 2 aromatic rings. The summed E-state index contributed by atoms with van der Waals surface area (Å²) in [6.07, 6.45) is 41.2. The SMILES string of the molecule is CC1CCCC2=C1C1=c3c4c(n(C5=CC=C(C6C=CC=CC6)CC5)c3=CCC1N2c1ccc(C2=CC=CCC2)cc1)CCC=C4.